The lowest BCUT2D eigenvalue weighted by Crippen LogP contribution is -2.52. The minimum Gasteiger partial charge on any atom is -0.379 e. The van der Waals surface area contributed by atoms with E-state index in [0.717, 1.165) is 13.1 Å². The van der Waals surface area contributed by atoms with E-state index in [1.54, 1.807) is 24.3 Å². The summed E-state index contributed by atoms with van der Waals surface area (Å²) in [5.74, 6) is 1.17. The van der Waals surface area contributed by atoms with Crippen LogP contribution >= 0.6 is 0 Å². The number of carbonyl (C=O) groups is 1. The third-order valence-corrected chi connectivity index (χ3v) is 7.42. The second kappa shape index (κ2) is 11.4. The second-order valence-electron chi connectivity index (χ2n) is 9.83. The molecule has 1 amide bonds. The Balaban J connectivity index is 1.28. The average molecular weight is 543 g/mol. The van der Waals surface area contributed by atoms with E-state index in [2.05, 4.69) is 19.7 Å². The summed E-state index contributed by atoms with van der Waals surface area (Å²) >= 11 is 0. The van der Waals surface area contributed by atoms with E-state index in [9.17, 15) is 13.6 Å². The van der Waals surface area contributed by atoms with Crippen molar-refractivity contribution in [3.05, 3.63) is 36.2 Å². The molecular formula is C26H32F2N8O3. The van der Waals surface area contributed by atoms with Gasteiger partial charge in [-0.3, -0.25) is 14.3 Å². The molecule has 0 atom stereocenters. The molecule has 5 heterocycles. The zero-order valence-electron chi connectivity index (χ0n) is 21.7. The molecule has 0 unspecified atom stereocenters. The number of halogens is 2. The van der Waals surface area contributed by atoms with Crippen LogP contribution in [-0.2, 0) is 14.3 Å². The van der Waals surface area contributed by atoms with Gasteiger partial charge in [0, 0.05) is 58.4 Å². The Bertz CT molecular complexity index is 1300. The number of morpholine rings is 2. The summed E-state index contributed by atoms with van der Waals surface area (Å²) in [7, 11) is 0. The van der Waals surface area contributed by atoms with Gasteiger partial charge in [0.15, 0.2) is 5.82 Å². The van der Waals surface area contributed by atoms with Crippen LogP contribution in [0.5, 0.6) is 0 Å². The molecule has 13 heteroatoms. The number of anilines is 2. The zero-order valence-corrected chi connectivity index (χ0v) is 21.7. The highest BCUT2D eigenvalue weighted by atomic mass is 19.3. The van der Waals surface area contributed by atoms with E-state index in [1.807, 2.05) is 11.0 Å². The maximum absolute atomic E-state index is 14.1. The summed E-state index contributed by atoms with van der Waals surface area (Å²) in [5.41, 5.74) is 0.985. The van der Waals surface area contributed by atoms with E-state index in [-0.39, 0.29) is 17.7 Å². The number of piperazine rings is 1. The third-order valence-electron chi connectivity index (χ3n) is 7.42. The van der Waals surface area contributed by atoms with E-state index in [1.165, 1.54) is 4.57 Å². The van der Waals surface area contributed by atoms with Crippen LogP contribution in [0.3, 0.4) is 0 Å². The Morgan fingerprint density at radius 3 is 2.10 bits per heavy atom. The Labute approximate surface area is 224 Å². The van der Waals surface area contributed by atoms with Gasteiger partial charge >= 0.3 is 0 Å². The van der Waals surface area contributed by atoms with Crippen LogP contribution < -0.4 is 9.80 Å². The molecule has 6 rings (SSSR count). The quantitative estimate of drug-likeness (QED) is 0.460. The Hall–Kier alpha value is -3.42. The zero-order chi connectivity index (χ0) is 26.8. The van der Waals surface area contributed by atoms with Crippen molar-refractivity contribution >= 4 is 28.6 Å². The van der Waals surface area contributed by atoms with E-state index < -0.39 is 6.43 Å². The van der Waals surface area contributed by atoms with Crippen LogP contribution in [0.4, 0.5) is 20.4 Å². The minimum absolute atomic E-state index is 0.111. The first-order valence-corrected chi connectivity index (χ1v) is 13.4. The maximum Gasteiger partial charge on any atom is 0.296 e. The molecule has 0 aliphatic carbocycles. The smallest absolute Gasteiger partial charge is 0.296 e. The number of hydrogen-bond donors (Lipinski definition) is 0. The highest BCUT2D eigenvalue weighted by Gasteiger charge is 2.27. The van der Waals surface area contributed by atoms with Crippen molar-refractivity contribution in [3.63, 3.8) is 0 Å². The minimum atomic E-state index is -2.79. The van der Waals surface area contributed by atoms with Crippen LogP contribution in [0.25, 0.3) is 17.0 Å². The molecule has 11 nitrogen and oxygen atoms in total. The Morgan fingerprint density at radius 2 is 1.44 bits per heavy atom. The number of carbonyl (C=O) groups excluding carboxylic acids is 1. The second-order valence-corrected chi connectivity index (χ2v) is 9.83. The fraction of sp³-hybridized carbons (Fsp3) is 0.538. The van der Waals surface area contributed by atoms with Gasteiger partial charge in [-0.2, -0.15) is 9.97 Å². The molecule has 3 saturated heterocycles. The van der Waals surface area contributed by atoms with Gasteiger partial charge in [-0.15, -0.1) is 0 Å². The summed E-state index contributed by atoms with van der Waals surface area (Å²) in [5, 5.41) is 0. The Kier molecular flexibility index (Phi) is 7.53. The van der Waals surface area contributed by atoms with Crippen LogP contribution in [0, 0.1) is 0 Å². The van der Waals surface area contributed by atoms with Crippen LogP contribution in [0.2, 0.25) is 0 Å². The van der Waals surface area contributed by atoms with Crippen molar-refractivity contribution in [2.24, 2.45) is 0 Å². The van der Waals surface area contributed by atoms with Crippen molar-refractivity contribution < 1.29 is 23.0 Å². The summed E-state index contributed by atoms with van der Waals surface area (Å²) in [4.78, 5) is 34.8. The van der Waals surface area contributed by atoms with Crippen molar-refractivity contribution in [1.29, 1.82) is 0 Å². The molecule has 39 heavy (non-hydrogen) atoms. The predicted octanol–water partition coefficient (Wildman–Crippen LogP) is 1.57. The Morgan fingerprint density at radius 1 is 0.821 bits per heavy atom. The molecule has 3 aliphatic heterocycles. The fourth-order valence-corrected chi connectivity index (χ4v) is 5.26. The van der Waals surface area contributed by atoms with Crippen molar-refractivity contribution in [2.75, 3.05) is 95.1 Å². The SMILES string of the molecule is O=C(CN1CCOCC1)N1CCN(c2cc(N3CCOCC3)nc(-n3c(C(F)F)nc4ccccc43)n2)CC1. The van der Waals surface area contributed by atoms with Gasteiger partial charge < -0.3 is 24.2 Å². The van der Waals surface area contributed by atoms with Gasteiger partial charge in [-0.25, -0.2) is 13.8 Å². The lowest BCUT2D eigenvalue weighted by Gasteiger charge is -2.37. The number of nitrogens with zero attached hydrogens (tertiary/aromatic N) is 8. The van der Waals surface area contributed by atoms with E-state index >= 15 is 0 Å². The maximum atomic E-state index is 14.1. The first-order valence-electron chi connectivity index (χ1n) is 13.4. The number of benzene rings is 1. The number of alkyl halides is 2. The van der Waals surface area contributed by atoms with E-state index in [4.69, 9.17) is 19.4 Å². The molecule has 1 aromatic carbocycles. The molecule has 0 bridgehead atoms. The molecule has 2 aromatic heterocycles. The lowest BCUT2D eigenvalue weighted by atomic mass is 10.2. The summed E-state index contributed by atoms with van der Waals surface area (Å²) < 4.78 is 40.5. The molecule has 3 aliphatic rings. The summed E-state index contributed by atoms with van der Waals surface area (Å²) in [6, 6.07) is 8.91. The number of amides is 1. The standard InChI is InChI=1S/C26H32F2N8O3/c27-24(28)25-29-19-3-1-2-4-20(19)36(25)26-30-21(17-22(31-26)34-11-15-39-16-12-34)33-5-7-35(8-6-33)23(37)18-32-9-13-38-14-10-32/h1-4,17,24H,5-16,18H2. The average Bonchev–Trinajstić information content (AvgIpc) is 3.38. The predicted molar refractivity (Wildman–Crippen MR) is 141 cm³/mol. The van der Waals surface area contributed by atoms with Crippen molar-refractivity contribution in [1.82, 2.24) is 29.3 Å². The van der Waals surface area contributed by atoms with Crippen molar-refractivity contribution in [3.8, 4) is 5.95 Å². The number of imidazole rings is 1. The van der Waals surface area contributed by atoms with Gasteiger partial charge in [-0.1, -0.05) is 12.1 Å². The lowest BCUT2D eigenvalue weighted by molar-refractivity contribution is -0.133. The number of rotatable bonds is 6. The monoisotopic (exact) mass is 542 g/mol. The normalized spacial score (nSPS) is 19.3. The molecule has 3 fully saturated rings. The van der Waals surface area contributed by atoms with Gasteiger partial charge in [0.05, 0.1) is 44.0 Å². The molecule has 3 aromatic rings. The molecule has 0 N–H and O–H groups in total. The topological polar surface area (TPSA) is 92.1 Å². The van der Waals surface area contributed by atoms with E-state index in [0.29, 0.717) is 94.9 Å². The van der Waals surface area contributed by atoms with Gasteiger partial charge in [0.25, 0.3) is 6.43 Å². The van der Waals surface area contributed by atoms with Crippen LogP contribution in [0.15, 0.2) is 30.3 Å². The third kappa shape index (κ3) is 5.52. The fourth-order valence-electron chi connectivity index (χ4n) is 5.26. The van der Waals surface area contributed by atoms with Crippen LogP contribution in [-0.4, -0.2) is 121 Å². The van der Waals surface area contributed by atoms with Gasteiger partial charge in [-0.05, 0) is 12.1 Å². The summed E-state index contributed by atoms with van der Waals surface area (Å²) in [6.07, 6.45) is -2.79. The number of hydrogen-bond acceptors (Lipinski definition) is 9. The highest BCUT2D eigenvalue weighted by Crippen LogP contribution is 2.29. The molecular weight excluding hydrogens is 510 g/mol. The highest BCUT2D eigenvalue weighted by molar-refractivity contribution is 5.79. The van der Waals surface area contributed by atoms with Gasteiger partial charge in [0.1, 0.15) is 11.6 Å². The molecule has 0 saturated carbocycles. The number of aromatic nitrogens is 4. The number of fused-ring (bicyclic) bond motifs is 1. The largest absolute Gasteiger partial charge is 0.379 e. The number of ether oxygens (including phenoxy) is 2. The number of para-hydroxylation sites is 2. The molecule has 208 valence electrons. The molecule has 0 radical (unpaired) electrons. The summed E-state index contributed by atoms with van der Waals surface area (Å²) in [6.45, 7) is 7.95. The first-order chi connectivity index (χ1) is 19.1. The van der Waals surface area contributed by atoms with Crippen LogP contribution in [0.1, 0.15) is 12.2 Å². The molecule has 0 spiro atoms. The first kappa shape index (κ1) is 25.8. The van der Waals surface area contributed by atoms with Gasteiger partial charge in [0.2, 0.25) is 11.9 Å². The van der Waals surface area contributed by atoms with Crippen molar-refractivity contribution in [2.45, 2.75) is 6.43 Å².